The van der Waals surface area contributed by atoms with Gasteiger partial charge in [0.2, 0.25) is 0 Å². The van der Waals surface area contributed by atoms with Crippen LogP contribution in [0.4, 0.5) is 11.5 Å². The van der Waals surface area contributed by atoms with Gasteiger partial charge in [0.05, 0.1) is 0 Å². The third kappa shape index (κ3) is 2.68. The fraction of sp³-hybridized carbons (Fsp3) is 0.231. The number of anilines is 2. The van der Waals surface area contributed by atoms with Gasteiger partial charge < -0.3 is 14.7 Å². The highest BCUT2D eigenvalue weighted by atomic mass is 16.5. The highest BCUT2D eigenvalue weighted by Crippen LogP contribution is 2.15. The van der Waals surface area contributed by atoms with Gasteiger partial charge in [0.25, 0.3) is 5.91 Å². The van der Waals surface area contributed by atoms with Crippen LogP contribution in [-0.2, 0) is 0 Å². The Morgan fingerprint density at radius 1 is 1.33 bits per heavy atom. The van der Waals surface area contributed by atoms with Crippen LogP contribution >= 0.6 is 0 Å². The second kappa shape index (κ2) is 4.91. The molecule has 0 atom stereocenters. The van der Waals surface area contributed by atoms with Gasteiger partial charge in [0, 0.05) is 31.4 Å². The van der Waals surface area contributed by atoms with E-state index in [1.807, 2.05) is 37.2 Å². The van der Waals surface area contributed by atoms with E-state index in [1.165, 1.54) is 0 Å². The molecule has 94 valence electrons. The largest absolute Gasteiger partial charge is 0.378 e. The lowest BCUT2D eigenvalue weighted by Gasteiger charge is -2.13. The van der Waals surface area contributed by atoms with Crippen LogP contribution in [0.2, 0.25) is 0 Å². The molecule has 18 heavy (non-hydrogen) atoms. The van der Waals surface area contributed by atoms with Crippen molar-refractivity contribution in [1.82, 2.24) is 5.16 Å². The molecule has 0 spiro atoms. The summed E-state index contributed by atoms with van der Waals surface area (Å²) in [5.41, 5.74) is 1.56. The second-order valence-corrected chi connectivity index (χ2v) is 4.22. The minimum atomic E-state index is -0.202. The summed E-state index contributed by atoms with van der Waals surface area (Å²) in [6, 6.07) is 9.04. The van der Waals surface area contributed by atoms with Gasteiger partial charge in [-0.15, -0.1) is 0 Å². The molecule has 0 unspecified atom stereocenters. The molecular weight excluding hydrogens is 230 g/mol. The van der Waals surface area contributed by atoms with E-state index >= 15 is 0 Å². The topological polar surface area (TPSA) is 58.4 Å². The molecule has 1 aromatic carbocycles. The summed E-state index contributed by atoms with van der Waals surface area (Å²) in [6.45, 7) is 1.77. The van der Waals surface area contributed by atoms with Crippen molar-refractivity contribution in [2.75, 3.05) is 24.3 Å². The Morgan fingerprint density at radius 2 is 2.11 bits per heavy atom. The normalized spacial score (nSPS) is 10.2. The molecule has 5 nitrogen and oxygen atoms in total. The number of hydrogen-bond donors (Lipinski definition) is 1. The van der Waals surface area contributed by atoms with Gasteiger partial charge in [0.15, 0.2) is 5.82 Å². The average molecular weight is 245 g/mol. The van der Waals surface area contributed by atoms with Crippen LogP contribution in [0.15, 0.2) is 34.9 Å². The van der Waals surface area contributed by atoms with Crippen molar-refractivity contribution < 1.29 is 9.32 Å². The van der Waals surface area contributed by atoms with Gasteiger partial charge in [-0.05, 0) is 25.1 Å². The van der Waals surface area contributed by atoms with Crippen molar-refractivity contribution in [3.8, 4) is 0 Å². The number of nitrogens with zero attached hydrogens (tertiary/aromatic N) is 2. The highest BCUT2D eigenvalue weighted by molar-refractivity contribution is 6.04. The van der Waals surface area contributed by atoms with Gasteiger partial charge in [-0.1, -0.05) is 11.2 Å². The Kier molecular flexibility index (Phi) is 3.32. The molecule has 0 aliphatic heterocycles. The number of benzene rings is 1. The lowest BCUT2D eigenvalue weighted by Crippen LogP contribution is -2.14. The maximum absolute atomic E-state index is 12.0. The molecule has 0 aliphatic rings. The summed E-state index contributed by atoms with van der Waals surface area (Å²) in [5.74, 6) is 0.882. The Bertz CT molecular complexity index is 561. The minimum absolute atomic E-state index is 0.202. The zero-order chi connectivity index (χ0) is 13.1. The number of carbonyl (C=O) groups excluding carboxylic acids is 1. The van der Waals surface area contributed by atoms with E-state index < -0.39 is 0 Å². The van der Waals surface area contributed by atoms with Crippen LogP contribution in [0.5, 0.6) is 0 Å². The van der Waals surface area contributed by atoms with Gasteiger partial charge in [-0.2, -0.15) is 0 Å². The summed E-state index contributed by atoms with van der Waals surface area (Å²) in [4.78, 5) is 13.9. The third-order valence-corrected chi connectivity index (χ3v) is 2.49. The Hall–Kier alpha value is -2.30. The number of hydrogen-bond acceptors (Lipinski definition) is 4. The van der Waals surface area contributed by atoms with E-state index in [-0.39, 0.29) is 5.91 Å². The van der Waals surface area contributed by atoms with Crippen LogP contribution in [0.25, 0.3) is 0 Å². The molecule has 0 radical (unpaired) electrons. The number of nitrogens with one attached hydrogen (secondary N) is 1. The van der Waals surface area contributed by atoms with Crippen molar-refractivity contribution in [3.05, 3.63) is 41.7 Å². The van der Waals surface area contributed by atoms with Crippen LogP contribution < -0.4 is 10.2 Å². The monoisotopic (exact) mass is 245 g/mol. The van der Waals surface area contributed by atoms with Crippen molar-refractivity contribution in [3.63, 3.8) is 0 Å². The third-order valence-electron chi connectivity index (χ3n) is 2.49. The predicted molar refractivity (Wildman–Crippen MR) is 70.0 cm³/mol. The Labute approximate surface area is 105 Å². The fourth-order valence-electron chi connectivity index (χ4n) is 1.54. The Morgan fingerprint density at radius 3 is 2.72 bits per heavy atom. The van der Waals surface area contributed by atoms with Crippen LogP contribution in [0.1, 0.15) is 16.1 Å². The lowest BCUT2D eigenvalue weighted by atomic mass is 10.2. The smallest absolute Gasteiger partial charge is 0.256 e. The van der Waals surface area contributed by atoms with Gasteiger partial charge in [-0.3, -0.25) is 4.79 Å². The number of carbonyl (C=O) groups is 1. The first kappa shape index (κ1) is 12.2. The van der Waals surface area contributed by atoms with Crippen LogP contribution in [0, 0.1) is 6.92 Å². The number of amides is 1. The molecule has 2 rings (SSSR count). The molecule has 1 aromatic heterocycles. The zero-order valence-electron chi connectivity index (χ0n) is 10.6. The summed E-state index contributed by atoms with van der Waals surface area (Å²) in [6.07, 6.45) is 0. The van der Waals surface area contributed by atoms with E-state index in [4.69, 9.17) is 4.52 Å². The number of rotatable bonds is 3. The fourth-order valence-corrected chi connectivity index (χ4v) is 1.54. The van der Waals surface area contributed by atoms with Crippen molar-refractivity contribution >= 4 is 17.4 Å². The zero-order valence-corrected chi connectivity index (χ0v) is 10.6. The molecule has 0 aliphatic carbocycles. The molecular formula is C13H15N3O2. The first-order chi connectivity index (χ1) is 8.56. The standard InChI is InChI=1S/C13H15N3O2/c1-9-7-12(15-18-9)14-13(17)10-5-4-6-11(8-10)16(2)3/h4-8H,1-3H3,(H,14,15,17). The minimum Gasteiger partial charge on any atom is -0.378 e. The van der Waals surface area contributed by atoms with E-state index in [0.717, 1.165) is 5.69 Å². The number of aryl methyl sites for hydroxylation is 1. The lowest BCUT2D eigenvalue weighted by molar-refractivity contribution is 0.102. The second-order valence-electron chi connectivity index (χ2n) is 4.22. The SMILES string of the molecule is Cc1cc(NC(=O)c2cccc(N(C)C)c2)no1. The van der Waals surface area contributed by atoms with Crippen molar-refractivity contribution in [1.29, 1.82) is 0 Å². The van der Waals surface area contributed by atoms with E-state index in [0.29, 0.717) is 17.1 Å². The van der Waals surface area contributed by atoms with Gasteiger partial charge in [-0.25, -0.2) is 0 Å². The molecule has 5 heteroatoms. The van der Waals surface area contributed by atoms with Gasteiger partial charge in [0.1, 0.15) is 5.76 Å². The van der Waals surface area contributed by atoms with Crippen molar-refractivity contribution in [2.24, 2.45) is 0 Å². The first-order valence-electron chi connectivity index (χ1n) is 5.58. The molecule has 0 bridgehead atoms. The number of aromatic nitrogens is 1. The maximum atomic E-state index is 12.0. The predicted octanol–water partition coefficient (Wildman–Crippen LogP) is 2.30. The summed E-state index contributed by atoms with van der Waals surface area (Å²) in [5, 5.41) is 6.40. The first-order valence-corrected chi connectivity index (χ1v) is 5.58. The quantitative estimate of drug-likeness (QED) is 0.901. The van der Waals surface area contributed by atoms with E-state index in [2.05, 4.69) is 10.5 Å². The average Bonchev–Trinajstić information content (AvgIpc) is 2.75. The molecule has 1 amide bonds. The van der Waals surface area contributed by atoms with Crippen LogP contribution in [-0.4, -0.2) is 25.2 Å². The Balaban J connectivity index is 2.16. The molecule has 1 heterocycles. The maximum Gasteiger partial charge on any atom is 0.256 e. The molecule has 2 aromatic rings. The molecule has 0 saturated carbocycles. The summed E-state index contributed by atoms with van der Waals surface area (Å²) in [7, 11) is 3.86. The van der Waals surface area contributed by atoms with Crippen LogP contribution in [0.3, 0.4) is 0 Å². The summed E-state index contributed by atoms with van der Waals surface area (Å²) < 4.78 is 4.89. The van der Waals surface area contributed by atoms with E-state index in [9.17, 15) is 4.79 Å². The molecule has 0 saturated heterocycles. The molecule has 0 fully saturated rings. The van der Waals surface area contributed by atoms with Gasteiger partial charge >= 0.3 is 0 Å². The molecule has 1 N–H and O–H groups in total. The summed E-state index contributed by atoms with van der Waals surface area (Å²) >= 11 is 0. The van der Waals surface area contributed by atoms with Crippen molar-refractivity contribution in [2.45, 2.75) is 6.92 Å². The highest BCUT2D eigenvalue weighted by Gasteiger charge is 2.09. The van der Waals surface area contributed by atoms with E-state index in [1.54, 1.807) is 19.1 Å².